The molecule has 1 amide bonds. The third-order valence-electron chi connectivity index (χ3n) is 5.33. The van der Waals surface area contributed by atoms with E-state index in [0.29, 0.717) is 22.8 Å². The first-order valence-corrected chi connectivity index (χ1v) is 10.9. The van der Waals surface area contributed by atoms with Crippen molar-refractivity contribution in [2.45, 2.75) is 26.1 Å². The van der Waals surface area contributed by atoms with Crippen LogP contribution in [0.2, 0.25) is 5.02 Å². The number of carbonyl (C=O) groups is 1. The van der Waals surface area contributed by atoms with E-state index in [9.17, 15) is 4.79 Å². The average Bonchev–Trinajstić information content (AvgIpc) is 3.44. The number of benzene rings is 1. The van der Waals surface area contributed by atoms with Crippen molar-refractivity contribution in [1.82, 2.24) is 35.5 Å². The quantitative estimate of drug-likeness (QED) is 0.505. The highest BCUT2D eigenvalue weighted by molar-refractivity contribution is 6.32. The largest absolute Gasteiger partial charge is 0.346 e. The van der Waals surface area contributed by atoms with Gasteiger partial charge in [-0.05, 0) is 31.2 Å². The van der Waals surface area contributed by atoms with Crippen LogP contribution in [0.1, 0.15) is 28.7 Å². The van der Waals surface area contributed by atoms with E-state index in [1.54, 1.807) is 16.8 Å². The third kappa shape index (κ3) is 5.34. The maximum atomic E-state index is 12.6. The van der Waals surface area contributed by atoms with Gasteiger partial charge < -0.3 is 10.6 Å². The smallest absolute Gasteiger partial charge is 0.272 e. The lowest BCUT2D eigenvalue weighted by Crippen LogP contribution is -2.42. The number of amides is 1. The number of hydrogen-bond acceptors (Lipinski definition) is 6. The van der Waals surface area contributed by atoms with Crippen LogP contribution in [0.4, 0.5) is 0 Å². The van der Waals surface area contributed by atoms with Gasteiger partial charge in [0.05, 0.1) is 28.5 Å². The number of H-pyrrole nitrogens is 1. The molecule has 3 N–H and O–H groups in total. The summed E-state index contributed by atoms with van der Waals surface area (Å²) in [4.78, 5) is 14.9. The predicted octanol–water partition coefficient (Wildman–Crippen LogP) is 2.02. The Morgan fingerprint density at radius 3 is 2.88 bits per heavy atom. The standard InChI is InChI=1S/C22H25ClN8O/c1-15(13-31-7-4-20(29-31)16-2-3-17(12-24)19(23)10-16)26-22(32)21-11-18(27-28-21)14-30-8-5-25-6-9-30/h2-4,7,10-11,15,25H,5-6,8-9,13-14H2,1H3,(H,26,32)(H,27,28). The average molecular weight is 453 g/mol. The van der Waals surface area contributed by atoms with Crippen LogP contribution in [0.5, 0.6) is 0 Å². The fourth-order valence-corrected chi connectivity index (χ4v) is 3.90. The van der Waals surface area contributed by atoms with E-state index < -0.39 is 0 Å². The minimum absolute atomic E-state index is 0.145. The van der Waals surface area contributed by atoms with Crippen LogP contribution in [0.25, 0.3) is 11.3 Å². The Bertz CT molecular complexity index is 1130. The van der Waals surface area contributed by atoms with Crippen molar-refractivity contribution in [2.75, 3.05) is 26.2 Å². The summed E-state index contributed by atoms with van der Waals surface area (Å²) in [6.07, 6.45) is 1.85. The van der Waals surface area contributed by atoms with Gasteiger partial charge in [0.2, 0.25) is 0 Å². The predicted molar refractivity (Wildman–Crippen MR) is 121 cm³/mol. The van der Waals surface area contributed by atoms with Crippen LogP contribution in [0.3, 0.4) is 0 Å². The fraction of sp³-hybridized carbons (Fsp3) is 0.364. The Hall–Kier alpha value is -3.19. The summed E-state index contributed by atoms with van der Waals surface area (Å²) in [7, 11) is 0. The highest BCUT2D eigenvalue weighted by atomic mass is 35.5. The normalized spacial score (nSPS) is 15.3. The Kier molecular flexibility index (Phi) is 6.85. The summed E-state index contributed by atoms with van der Waals surface area (Å²) >= 11 is 6.12. The third-order valence-corrected chi connectivity index (χ3v) is 5.64. The van der Waals surface area contributed by atoms with E-state index in [-0.39, 0.29) is 11.9 Å². The van der Waals surface area contributed by atoms with Crippen molar-refractivity contribution < 1.29 is 4.79 Å². The molecular weight excluding hydrogens is 428 g/mol. The second-order valence-corrected chi connectivity index (χ2v) is 8.32. The SMILES string of the molecule is CC(Cn1ccc(-c2ccc(C#N)c(Cl)c2)n1)NC(=O)c1cc(CN2CCNCC2)[nH]n1. The lowest BCUT2D eigenvalue weighted by molar-refractivity contribution is 0.0931. The number of rotatable bonds is 7. The minimum atomic E-state index is -0.216. The number of aromatic amines is 1. The first-order chi connectivity index (χ1) is 15.5. The van der Waals surface area contributed by atoms with Crippen LogP contribution in [-0.4, -0.2) is 63.0 Å². The molecule has 1 fully saturated rings. The fourth-order valence-electron chi connectivity index (χ4n) is 3.68. The van der Waals surface area contributed by atoms with Crippen molar-refractivity contribution in [3.05, 3.63) is 58.5 Å². The summed E-state index contributed by atoms with van der Waals surface area (Å²) in [5.41, 5.74) is 3.33. The first kappa shape index (κ1) is 22.0. The lowest BCUT2D eigenvalue weighted by atomic mass is 10.1. The second-order valence-electron chi connectivity index (χ2n) is 7.91. The van der Waals surface area contributed by atoms with Crippen LogP contribution >= 0.6 is 11.6 Å². The molecule has 1 aliphatic rings. The van der Waals surface area contributed by atoms with Crippen molar-refractivity contribution in [3.8, 4) is 17.3 Å². The van der Waals surface area contributed by atoms with E-state index in [1.807, 2.05) is 37.4 Å². The summed E-state index contributed by atoms with van der Waals surface area (Å²) < 4.78 is 1.77. The molecule has 10 heteroatoms. The molecule has 1 unspecified atom stereocenters. The molecule has 1 atom stereocenters. The molecule has 1 saturated heterocycles. The van der Waals surface area contributed by atoms with Gasteiger partial charge in [0.15, 0.2) is 0 Å². The van der Waals surface area contributed by atoms with E-state index >= 15 is 0 Å². The van der Waals surface area contributed by atoms with Crippen LogP contribution in [-0.2, 0) is 13.1 Å². The van der Waals surface area contributed by atoms with Crippen LogP contribution in [0.15, 0.2) is 36.5 Å². The Balaban J connectivity index is 1.32. The van der Waals surface area contributed by atoms with Gasteiger partial charge in [-0.3, -0.25) is 19.5 Å². The zero-order chi connectivity index (χ0) is 22.5. The zero-order valence-corrected chi connectivity index (χ0v) is 18.6. The molecule has 32 heavy (non-hydrogen) atoms. The summed E-state index contributed by atoms with van der Waals surface area (Å²) in [6.45, 7) is 7.11. The maximum Gasteiger partial charge on any atom is 0.272 e. The highest BCUT2D eigenvalue weighted by Crippen LogP contribution is 2.24. The van der Waals surface area contributed by atoms with E-state index in [0.717, 1.165) is 49.7 Å². The molecule has 2 aromatic heterocycles. The Morgan fingerprint density at radius 2 is 2.12 bits per heavy atom. The molecule has 1 aromatic carbocycles. The number of nitrogens with zero attached hydrogens (tertiary/aromatic N) is 5. The summed E-state index contributed by atoms with van der Waals surface area (Å²) in [5.74, 6) is -0.216. The van der Waals surface area contributed by atoms with Gasteiger partial charge >= 0.3 is 0 Å². The maximum absolute atomic E-state index is 12.6. The number of halogens is 1. The van der Waals surface area contributed by atoms with Crippen LogP contribution in [0, 0.1) is 11.3 Å². The topological polar surface area (TPSA) is 115 Å². The van der Waals surface area contributed by atoms with Crippen molar-refractivity contribution in [3.63, 3.8) is 0 Å². The zero-order valence-electron chi connectivity index (χ0n) is 17.8. The monoisotopic (exact) mass is 452 g/mol. The molecule has 3 aromatic rings. The summed E-state index contributed by atoms with van der Waals surface area (Å²) in [6, 6.07) is 10.8. The van der Waals surface area contributed by atoms with Gasteiger partial charge in [-0.15, -0.1) is 0 Å². The van der Waals surface area contributed by atoms with Gasteiger partial charge in [-0.1, -0.05) is 17.7 Å². The second kappa shape index (κ2) is 9.96. The number of nitrogens with one attached hydrogen (secondary N) is 3. The summed E-state index contributed by atoms with van der Waals surface area (Å²) in [5, 5.41) is 27.4. The Labute approximate surface area is 191 Å². The molecule has 9 nitrogen and oxygen atoms in total. The molecule has 0 radical (unpaired) electrons. The van der Waals surface area contributed by atoms with E-state index in [2.05, 4.69) is 30.8 Å². The molecular formula is C22H25ClN8O. The van der Waals surface area contributed by atoms with Gasteiger partial charge in [-0.2, -0.15) is 15.5 Å². The molecule has 166 valence electrons. The van der Waals surface area contributed by atoms with Crippen molar-refractivity contribution >= 4 is 17.5 Å². The van der Waals surface area contributed by atoms with E-state index in [1.165, 1.54) is 0 Å². The van der Waals surface area contributed by atoms with Crippen molar-refractivity contribution in [2.24, 2.45) is 0 Å². The minimum Gasteiger partial charge on any atom is -0.346 e. The first-order valence-electron chi connectivity index (χ1n) is 10.5. The molecule has 4 rings (SSSR count). The Morgan fingerprint density at radius 1 is 1.31 bits per heavy atom. The van der Waals surface area contributed by atoms with Crippen molar-refractivity contribution in [1.29, 1.82) is 5.26 Å². The molecule has 0 bridgehead atoms. The number of carbonyl (C=O) groups excluding carboxylic acids is 1. The number of hydrogen-bond donors (Lipinski definition) is 3. The molecule has 0 saturated carbocycles. The number of nitriles is 1. The van der Waals surface area contributed by atoms with Gasteiger partial charge in [0, 0.05) is 50.5 Å². The van der Waals surface area contributed by atoms with Crippen LogP contribution < -0.4 is 10.6 Å². The van der Waals surface area contributed by atoms with Gasteiger partial charge in [0.1, 0.15) is 11.8 Å². The molecule has 1 aliphatic heterocycles. The highest BCUT2D eigenvalue weighted by Gasteiger charge is 2.16. The van der Waals surface area contributed by atoms with Gasteiger partial charge in [0.25, 0.3) is 5.91 Å². The lowest BCUT2D eigenvalue weighted by Gasteiger charge is -2.26. The number of aromatic nitrogens is 4. The molecule has 3 heterocycles. The number of piperazine rings is 1. The molecule has 0 aliphatic carbocycles. The molecule has 0 spiro atoms. The van der Waals surface area contributed by atoms with Gasteiger partial charge in [-0.25, -0.2) is 0 Å². The van der Waals surface area contributed by atoms with E-state index in [4.69, 9.17) is 16.9 Å².